The molecule has 0 spiro atoms. The lowest BCUT2D eigenvalue weighted by Crippen LogP contribution is -2.52. The summed E-state index contributed by atoms with van der Waals surface area (Å²) in [4.78, 5) is 27.3. The number of aromatic nitrogens is 3. The van der Waals surface area contributed by atoms with Crippen LogP contribution in [0.1, 0.15) is 35.8 Å². The maximum Gasteiger partial charge on any atom is 0.280 e. The minimum absolute atomic E-state index is 0.0477. The van der Waals surface area contributed by atoms with Gasteiger partial charge in [-0.05, 0) is 56.0 Å². The number of fused-ring (bicyclic) bond motifs is 7. The van der Waals surface area contributed by atoms with Crippen molar-refractivity contribution in [1.29, 1.82) is 0 Å². The van der Waals surface area contributed by atoms with Crippen molar-refractivity contribution < 1.29 is 14.6 Å². The molecule has 3 aromatic rings. The molecule has 6 rings (SSSR count). The second kappa shape index (κ2) is 10.9. The Kier molecular flexibility index (Phi) is 7.16. The van der Waals surface area contributed by atoms with E-state index in [2.05, 4.69) is 60.6 Å². The van der Waals surface area contributed by atoms with Crippen molar-refractivity contribution in [1.82, 2.24) is 20.1 Å². The summed E-state index contributed by atoms with van der Waals surface area (Å²) >= 11 is 0. The minimum atomic E-state index is -0.339. The first-order valence-corrected chi connectivity index (χ1v) is 13.9. The molecule has 2 bridgehead atoms. The van der Waals surface area contributed by atoms with Crippen LogP contribution in [0, 0.1) is 12.8 Å². The number of amides is 1. The molecular formula is C29H36N8O3. The highest BCUT2D eigenvalue weighted by molar-refractivity contribution is 6.19. The van der Waals surface area contributed by atoms with Gasteiger partial charge in [0.05, 0.1) is 42.0 Å². The predicted molar refractivity (Wildman–Crippen MR) is 155 cm³/mol. The van der Waals surface area contributed by atoms with Gasteiger partial charge in [0.2, 0.25) is 11.8 Å². The van der Waals surface area contributed by atoms with Crippen molar-refractivity contribution in [2.45, 2.75) is 32.7 Å². The van der Waals surface area contributed by atoms with Crippen molar-refractivity contribution >= 4 is 28.9 Å². The van der Waals surface area contributed by atoms with Crippen LogP contribution in [-0.2, 0) is 7.05 Å². The van der Waals surface area contributed by atoms with Crippen molar-refractivity contribution in [3.05, 3.63) is 47.8 Å². The average molecular weight is 545 g/mol. The van der Waals surface area contributed by atoms with E-state index in [9.17, 15) is 9.90 Å². The zero-order valence-corrected chi connectivity index (χ0v) is 23.2. The number of aliphatic imine (C=N–C) groups is 1. The van der Waals surface area contributed by atoms with Gasteiger partial charge < -0.3 is 30.3 Å². The highest BCUT2D eigenvalue weighted by Crippen LogP contribution is 2.37. The number of aliphatic hydroxyl groups excluding tert-OH is 1. The van der Waals surface area contributed by atoms with Crippen LogP contribution in [0.5, 0.6) is 5.88 Å². The van der Waals surface area contributed by atoms with Crippen LogP contribution < -0.4 is 25.2 Å². The molecule has 0 radical (unpaired) electrons. The molecule has 3 N–H and O–H groups in total. The number of benzene rings is 1. The highest BCUT2D eigenvalue weighted by Gasteiger charge is 2.30. The van der Waals surface area contributed by atoms with E-state index in [0.29, 0.717) is 42.2 Å². The molecule has 2 atom stereocenters. The van der Waals surface area contributed by atoms with Crippen molar-refractivity contribution in [2.75, 3.05) is 54.5 Å². The summed E-state index contributed by atoms with van der Waals surface area (Å²) < 4.78 is 7.89. The van der Waals surface area contributed by atoms with Crippen molar-refractivity contribution in [2.24, 2.45) is 18.0 Å². The van der Waals surface area contributed by atoms with Crippen LogP contribution in [0.3, 0.4) is 0 Å². The Morgan fingerprint density at radius 3 is 2.92 bits per heavy atom. The molecule has 210 valence electrons. The fraction of sp³-hybridized carbons (Fsp3) is 0.448. The second-order valence-electron chi connectivity index (χ2n) is 10.9. The standard InChI is InChI=1S/C29H36N8O3/c1-18-5-4-10-40-28-23(14-31-35(28)3)25-12-20(11-19(2)32-25)27(39)34-29-33-24-7-6-22(13-26(24)37(29)15-18)36-9-8-30-21(16-36)17-38/h6-7,11-14,18,21,30,38H,4-5,8-10,15-17H2,1-3H3,(H,33,34,39)/t18-,21-/m1/s1. The third kappa shape index (κ3) is 5.14. The lowest BCUT2D eigenvalue weighted by atomic mass is 10.0. The number of hydrogen-bond acceptors (Lipinski definition) is 9. The first-order chi connectivity index (χ1) is 19.4. The molecule has 1 saturated heterocycles. The molecular weight excluding hydrogens is 508 g/mol. The number of carbonyl (C=O) groups is 1. The number of guanidine groups is 1. The molecule has 11 heteroatoms. The first kappa shape index (κ1) is 26.3. The van der Waals surface area contributed by atoms with Gasteiger partial charge in [0.15, 0.2) is 0 Å². The normalized spacial score (nSPS) is 22.6. The zero-order valence-electron chi connectivity index (χ0n) is 23.2. The number of pyridine rings is 1. The summed E-state index contributed by atoms with van der Waals surface area (Å²) in [6.45, 7) is 7.87. The molecule has 1 fully saturated rings. The van der Waals surface area contributed by atoms with E-state index < -0.39 is 0 Å². The fourth-order valence-electron chi connectivity index (χ4n) is 5.67. The SMILES string of the molecule is Cc1cc2cc(n1)-c1cnn(C)c1OCCC[C@@H](C)CN1/C(=N/C2=O)Nc2ccc(N3CCN[C@@H](CO)C3)cc21. The number of rotatable bonds is 2. The molecule has 1 aromatic carbocycles. The summed E-state index contributed by atoms with van der Waals surface area (Å²) in [5, 5.41) is 20.8. The molecule has 2 aromatic heterocycles. The molecule has 5 heterocycles. The van der Waals surface area contributed by atoms with Crippen LogP contribution in [0.2, 0.25) is 0 Å². The summed E-state index contributed by atoms with van der Waals surface area (Å²) in [5.74, 6) is 1.15. The number of aliphatic hydroxyl groups is 1. The largest absolute Gasteiger partial charge is 0.477 e. The zero-order chi connectivity index (χ0) is 27.8. The van der Waals surface area contributed by atoms with Crippen LogP contribution >= 0.6 is 0 Å². The highest BCUT2D eigenvalue weighted by atomic mass is 16.5. The number of anilines is 3. The maximum absolute atomic E-state index is 13.6. The average Bonchev–Trinajstić information content (AvgIpc) is 3.49. The topological polar surface area (TPSA) is 120 Å². The maximum atomic E-state index is 13.6. The second-order valence-corrected chi connectivity index (χ2v) is 10.9. The van der Waals surface area contributed by atoms with Gasteiger partial charge in [-0.25, -0.2) is 4.68 Å². The number of nitrogens with zero attached hydrogens (tertiary/aromatic N) is 6. The number of hydrogen-bond donors (Lipinski definition) is 3. The molecule has 0 unspecified atom stereocenters. The number of nitrogens with one attached hydrogen (secondary N) is 2. The molecule has 40 heavy (non-hydrogen) atoms. The predicted octanol–water partition coefficient (Wildman–Crippen LogP) is 2.80. The lowest BCUT2D eigenvalue weighted by Gasteiger charge is -2.35. The summed E-state index contributed by atoms with van der Waals surface area (Å²) in [6, 6.07) is 9.88. The molecule has 11 nitrogen and oxygen atoms in total. The fourth-order valence-corrected chi connectivity index (χ4v) is 5.67. The Labute approximate surface area is 233 Å². The smallest absolute Gasteiger partial charge is 0.280 e. The van der Waals surface area contributed by atoms with Crippen LogP contribution in [0.25, 0.3) is 11.3 Å². The molecule has 1 amide bonds. The molecule has 0 saturated carbocycles. The molecule has 0 aliphatic carbocycles. The van der Waals surface area contributed by atoms with Crippen LogP contribution in [0.4, 0.5) is 17.1 Å². The van der Waals surface area contributed by atoms with Gasteiger partial charge in [-0.15, -0.1) is 0 Å². The summed E-state index contributed by atoms with van der Waals surface area (Å²) in [5.41, 5.74) is 5.58. The van der Waals surface area contributed by atoms with E-state index in [1.165, 1.54) is 0 Å². The third-order valence-corrected chi connectivity index (χ3v) is 7.76. The Hall–Kier alpha value is -3.96. The van der Waals surface area contributed by atoms with Crippen LogP contribution in [0.15, 0.2) is 41.5 Å². The first-order valence-electron chi connectivity index (χ1n) is 13.9. The van der Waals surface area contributed by atoms with E-state index in [0.717, 1.165) is 60.8 Å². The van der Waals surface area contributed by atoms with Crippen molar-refractivity contribution in [3.8, 4) is 17.1 Å². The quantitative estimate of drug-likeness (QED) is 0.447. The Morgan fingerprint density at radius 1 is 1.20 bits per heavy atom. The molecule has 3 aliphatic rings. The van der Waals surface area contributed by atoms with E-state index in [4.69, 9.17) is 4.74 Å². The monoisotopic (exact) mass is 544 g/mol. The van der Waals surface area contributed by atoms with Crippen molar-refractivity contribution in [3.63, 3.8) is 0 Å². The van der Waals surface area contributed by atoms with E-state index >= 15 is 0 Å². The minimum Gasteiger partial charge on any atom is -0.477 e. The number of ether oxygens (including phenoxy) is 1. The number of piperazine rings is 1. The van der Waals surface area contributed by atoms with Gasteiger partial charge in [-0.1, -0.05) is 6.92 Å². The Balaban J connectivity index is 1.37. The van der Waals surface area contributed by atoms with Gasteiger partial charge in [0.1, 0.15) is 0 Å². The van der Waals surface area contributed by atoms with E-state index in [-0.39, 0.29) is 18.6 Å². The van der Waals surface area contributed by atoms with E-state index in [1.807, 2.05) is 14.0 Å². The van der Waals surface area contributed by atoms with Crippen LogP contribution in [-0.4, -0.2) is 77.2 Å². The lowest BCUT2D eigenvalue weighted by molar-refractivity contribution is 0.100. The number of carbonyl (C=O) groups excluding carboxylic acids is 1. The third-order valence-electron chi connectivity index (χ3n) is 7.76. The van der Waals surface area contributed by atoms with Gasteiger partial charge in [0, 0.05) is 56.2 Å². The summed E-state index contributed by atoms with van der Waals surface area (Å²) in [7, 11) is 1.85. The van der Waals surface area contributed by atoms with Gasteiger partial charge in [-0.3, -0.25) is 9.78 Å². The Bertz CT molecular complexity index is 1450. The van der Waals surface area contributed by atoms with Gasteiger partial charge in [-0.2, -0.15) is 10.1 Å². The number of aryl methyl sites for hydroxylation is 2. The van der Waals surface area contributed by atoms with E-state index in [1.54, 1.807) is 23.0 Å². The Morgan fingerprint density at radius 2 is 2.08 bits per heavy atom. The molecule has 3 aliphatic heterocycles. The van der Waals surface area contributed by atoms with Gasteiger partial charge in [0.25, 0.3) is 5.91 Å². The van der Waals surface area contributed by atoms with Gasteiger partial charge >= 0.3 is 0 Å². The summed E-state index contributed by atoms with van der Waals surface area (Å²) in [6.07, 6.45) is 3.55.